The molecule has 7 heteroatoms. The van der Waals surface area contributed by atoms with Gasteiger partial charge in [0.1, 0.15) is 11.4 Å². The SMILES string of the molecule is Cc1nc(-c2cnnn2C)c(C(=O)O)o1. The summed E-state index contributed by atoms with van der Waals surface area (Å²) in [5.74, 6) is -1.06. The molecule has 0 atom stereocenters. The molecule has 2 rings (SSSR count). The second-order valence-electron chi connectivity index (χ2n) is 2.96. The van der Waals surface area contributed by atoms with Gasteiger partial charge in [0.15, 0.2) is 5.89 Å². The third kappa shape index (κ3) is 1.47. The highest BCUT2D eigenvalue weighted by atomic mass is 16.4. The molecule has 0 spiro atoms. The van der Waals surface area contributed by atoms with E-state index in [1.165, 1.54) is 10.9 Å². The number of rotatable bonds is 2. The van der Waals surface area contributed by atoms with Gasteiger partial charge in [0.05, 0.1) is 6.20 Å². The van der Waals surface area contributed by atoms with Crippen molar-refractivity contribution in [3.8, 4) is 11.4 Å². The van der Waals surface area contributed by atoms with Crippen molar-refractivity contribution in [2.24, 2.45) is 7.05 Å². The lowest BCUT2D eigenvalue weighted by Crippen LogP contribution is -2.00. The van der Waals surface area contributed by atoms with Gasteiger partial charge in [-0.1, -0.05) is 5.21 Å². The Kier molecular flexibility index (Phi) is 2.00. The molecule has 0 aliphatic carbocycles. The lowest BCUT2D eigenvalue weighted by atomic mass is 10.3. The van der Waals surface area contributed by atoms with Gasteiger partial charge in [0, 0.05) is 14.0 Å². The fraction of sp³-hybridized carbons (Fsp3) is 0.250. The number of carboxylic acid groups (broad SMARTS) is 1. The highest BCUT2D eigenvalue weighted by Crippen LogP contribution is 2.22. The number of nitrogens with zero attached hydrogens (tertiary/aromatic N) is 4. The number of carboxylic acids is 1. The van der Waals surface area contributed by atoms with E-state index in [9.17, 15) is 4.79 Å². The molecular weight excluding hydrogens is 200 g/mol. The summed E-state index contributed by atoms with van der Waals surface area (Å²) in [6.07, 6.45) is 1.43. The van der Waals surface area contributed by atoms with Crippen LogP contribution in [0.3, 0.4) is 0 Å². The summed E-state index contributed by atoms with van der Waals surface area (Å²) in [4.78, 5) is 14.8. The van der Waals surface area contributed by atoms with E-state index in [4.69, 9.17) is 9.52 Å². The molecule has 0 saturated heterocycles. The third-order valence-corrected chi connectivity index (χ3v) is 1.89. The molecule has 0 aromatic carbocycles. The van der Waals surface area contributed by atoms with Crippen LogP contribution in [0.4, 0.5) is 0 Å². The second kappa shape index (κ2) is 3.19. The maximum Gasteiger partial charge on any atom is 0.374 e. The van der Waals surface area contributed by atoms with Crippen molar-refractivity contribution in [1.29, 1.82) is 0 Å². The highest BCUT2D eigenvalue weighted by Gasteiger charge is 2.21. The molecule has 0 aliphatic rings. The molecule has 1 N–H and O–H groups in total. The van der Waals surface area contributed by atoms with Crippen LogP contribution in [0.15, 0.2) is 10.6 Å². The zero-order valence-corrected chi connectivity index (χ0v) is 8.13. The van der Waals surface area contributed by atoms with Crippen molar-refractivity contribution in [2.45, 2.75) is 6.92 Å². The fourth-order valence-corrected chi connectivity index (χ4v) is 1.25. The molecule has 0 unspecified atom stereocenters. The first-order valence-corrected chi connectivity index (χ1v) is 4.15. The van der Waals surface area contributed by atoms with Crippen molar-refractivity contribution in [3.05, 3.63) is 17.8 Å². The van der Waals surface area contributed by atoms with Crippen molar-refractivity contribution in [2.75, 3.05) is 0 Å². The lowest BCUT2D eigenvalue weighted by molar-refractivity contribution is 0.0662. The van der Waals surface area contributed by atoms with Gasteiger partial charge in [-0.15, -0.1) is 5.10 Å². The first kappa shape index (κ1) is 9.38. The van der Waals surface area contributed by atoms with Gasteiger partial charge >= 0.3 is 5.97 Å². The summed E-state index contributed by atoms with van der Waals surface area (Å²) in [6.45, 7) is 1.58. The van der Waals surface area contributed by atoms with Gasteiger partial charge in [0.2, 0.25) is 5.76 Å². The molecule has 0 amide bonds. The van der Waals surface area contributed by atoms with E-state index in [-0.39, 0.29) is 11.5 Å². The number of hydrogen-bond donors (Lipinski definition) is 1. The minimum atomic E-state index is -1.16. The molecule has 2 aromatic rings. The highest BCUT2D eigenvalue weighted by molar-refractivity contribution is 5.91. The number of aromatic carboxylic acids is 1. The zero-order valence-electron chi connectivity index (χ0n) is 8.13. The number of aryl methyl sites for hydroxylation is 2. The second-order valence-corrected chi connectivity index (χ2v) is 2.96. The van der Waals surface area contributed by atoms with Crippen LogP contribution in [-0.2, 0) is 7.05 Å². The van der Waals surface area contributed by atoms with Gasteiger partial charge in [-0.25, -0.2) is 14.5 Å². The van der Waals surface area contributed by atoms with Gasteiger partial charge in [-0.3, -0.25) is 0 Å². The first-order chi connectivity index (χ1) is 7.09. The number of oxazole rings is 1. The van der Waals surface area contributed by atoms with Crippen molar-refractivity contribution in [1.82, 2.24) is 20.0 Å². The van der Waals surface area contributed by atoms with Gasteiger partial charge < -0.3 is 9.52 Å². The predicted molar refractivity (Wildman–Crippen MR) is 48.2 cm³/mol. The summed E-state index contributed by atoms with van der Waals surface area (Å²) in [5.41, 5.74) is 0.747. The predicted octanol–water partition coefficient (Wildman–Crippen LogP) is 0.477. The van der Waals surface area contributed by atoms with Gasteiger partial charge in [-0.2, -0.15) is 0 Å². The van der Waals surface area contributed by atoms with Crippen LogP contribution in [0, 0.1) is 6.92 Å². The van der Waals surface area contributed by atoms with Crippen molar-refractivity contribution in [3.63, 3.8) is 0 Å². The standard InChI is InChI=1S/C8H8N4O3/c1-4-10-6(7(15-4)8(13)14)5-3-9-11-12(5)2/h3H,1-2H3,(H,13,14). The summed E-state index contributed by atoms with van der Waals surface area (Å²) >= 11 is 0. The van der Waals surface area contributed by atoms with E-state index in [2.05, 4.69) is 15.3 Å². The Morgan fingerprint density at radius 2 is 2.33 bits per heavy atom. The Bertz CT molecular complexity index is 514. The number of carbonyl (C=O) groups is 1. The normalized spacial score (nSPS) is 10.5. The van der Waals surface area contributed by atoms with Crippen LogP contribution in [0.5, 0.6) is 0 Å². The van der Waals surface area contributed by atoms with Crippen LogP contribution in [0.2, 0.25) is 0 Å². The average molecular weight is 208 g/mol. The minimum Gasteiger partial charge on any atom is -0.475 e. The summed E-state index contributed by atoms with van der Waals surface area (Å²) in [5, 5.41) is 16.2. The maximum absolute atomic E-state index is 10.9. The molecule has 0 fully saturated rings. The van der Waals surface area contributed by atoms with Crippen molar-refractivity contribution < 1.29 is 14.3 Å². The van der Waals surface area contributed by atoms with Gasteiger partial charge in [-0.05, 0) is 0 Å². The fourth-order valence-electron chi connectivity index (χ4n) is 1.25. The maximum atomic E-state index is 10.9. The van der Waals surface area contributed by atoms with E-state index >= 15 is 0 Å². The topological polar surface area (TPSA) is 94.0 Å². The van der Waals surface area contributed by atoms with E-state index in [1.807, 2.05) is 0 Å². The van der Waals surface area contributed by atoms with Crippen LogP contribution < -0.4 is 0 Å². The molecule has 2 heterocycles. The van der Waals surface area contributed by atoms with Crippen molar-refractivity contribution >= 4 is 5.97 Å². The van der Waals surface area contributed by atoms with Gasteiger partial charge in [0.25, 0.3) is 0 Å². The molecule has 0 radical (unpaired) electrons. The first-order valence-electron chi connectivity index (χ1n) is 4.15. The van der Waals surface area contributed by atoms with Crippen LogP contribution >= 0.6 is 0 Å². The summed E-state index contributed by atoms with van der Waals surface area (Å²) in [7, 11) is 1.65. The van der Waals surface area contributed by atoms with Crippen LogP contribution in [0.1, 0.15) is 16.4 Å². The molecule has 0 bridgehead atoms. The van der Waals surface area contributed by atoms with E-state index < -0.39 is 5.97 Å². The smallest absolute Gasteiger partial charge is 0.374 e. The number of aromatic nitrogens is 4. The molecule has 78 valence electrons. The Morgan fingerprint density at radius 1 is 1.60 bits per heavy atom. The third-order valence-electron chi connectivity index (χ3n) is 1.89. The molecular formula is C8H8N4O3. The lowest BCUT2D eigenvalue weighted by Gasteiger charge is -1.95. The largest absolute Gasteiger partial charge is 0.475 e. The van der Waals surface area contributed by atoms with E-state index in [0.29, 0.717) is 11.6 Å². The van der Waals surface area contributed by atoms with Crippen LogP contribution in [-0.4, -0.2) is 31.1 Å². The Balaban J connectivity index is 2.62. The Hall–Kier alpha value is -2.18. The number of hydrogen-bond acceptors (Lipinski definition) is 5. The summed E-state index contributed by atoms with van der Waals surface area (Å²) in [6, 6.07) is 0. The molecule has 2 aromatic heterocycles. The monoisotopic (exact) mass is 208 g/mol. The Labute approximate surface area is 84.3 Å². The van der Waals surface area contributed by atoms with E-state index in [0.717, 1.165) is 0 Å². The van der Waals surface area contributed by atoms with E-state index in [1.54, 1.807) is 14.0 Å². The molecule has 0 saturated carbocycles. The molecule has 15 heavy (non-hydrogen) atoms. The average Bonchev–Trinajstić information content (AvgIpc) is 2.71. The summed E-state index contributed by atoms with van der Waals surface area (Å²) < 4.78 is 6.41. The van der Waals surface area contributed by atoms with Crippen LogP contribution in [0.25, 0.3) is 11.4 Å². The quantitative estimate of drug-likeness (QED) is 0.771. The molecule has 0 aliphatic heterocycles. The Morgan fingerprint density at radius 3 is 2.87 bits per heavy atom. The minimum absolute atomic E-state index is 0.196. The zero-order chi connectivity index (χ0) is 11.0. The molecule has 7 nitrogen and oxygen atoms in total.